The lowest BCUT2D eigenvalue weighted by Gasteiger charge is -2.33. The van der Waals surface area contributed by atoms with Crippen LogP contribution in [0.15, 0.2) is 12.2 Å². The van der Waals surface area contributed by atoms with Crippen LogP contribution in [0.4, 0.5) is 17.6 Å². The molecule has 1 aliphatic carbocycles. The first kappa shape index (κ1) is 11.5. The van der Waals surface area contributed by atoms with Crippen molar-refractivity contribution in [2.24, 2.45) is 5.73 Å². The van der Waals surface area contributed by atoms with Gasteiger partial charge in [0, 0.05) is 12.0 Å². The van der Waals surface area contributed by atoms with Crippen molar-refractivity contribution in [1.82, 2.24) is 0 Å². The zero-order valence-corrected chi connectivity index (χ0v) is 7.65. The molecular formula is C9H13F4N. The van der Waals surface area contributed by atoms with Crippen LogP contribution in [0.1, 0.15) is 25.7 Å². The van der Waals surface area contributed by atoms with Gasteiger partial charge in [0.05, 0.1) is 0 Å². The predicted octanol–water partition coefficient (Wildman–Crippen LogP) is 2.71. The second kappa shape index (κ2) is 3.88. The highest BCUT2D eigenvalue weighted by molar-refractivity contribution is 5.03. The van der Waals surface area contributed by atoms with Gasteiger partial charge in [-0.1, -0.05) is 12.2 Å². The number of nitrogens with two attached hydrogens (primary N) is 1. The zero-order valence-electron chi connectivity index (χ0n) is 7.65. The minimum absolute atomic E-state index is 0.245. The molecule has 1 atom stereocenters. The first-order chi connectivity index (χ1) is 6.36. The second-order valence-corrected chi connectivity index (χ2v) is 3.82. The van der Waals surface area contributed by atoms with E-state index in [-0.39, 0.29) is 6.42 Å². The number of allylic oxidation sites excluding steroid dienone is 1. The van der Waals surface area contributed by atoms with Gasteiger partial charge >= 0.3 is 12.3 Å². The van der Waals surface area contributed by atoms with Crippen LogP contribution >= 0.6 is 0 Å². The van der Waals surface area contributed by atoms with Gasteiger partial charge in [0.1, 0.15) is 0 Å². The van der Waals surface area contributed by atoms with E-state index in [9.17, 15) is 17.6 Å². The van der Waals surface area contributed by atoms with Crippen LogP contribution in [0.2, 0.25) is 0 Å². The molecule has 0 aliphatic heterocycles. The number of rotatable bonds is 3. The van der Waals surface area contributed by atoms with Crippen LogP contribution in [0.3, 0.4) is 0 Å². The maximum atomic E-state index is 12.7. The quantitative estimate of drug-likeness (QED) is 0.563. The van der Waals surface area contributed by atoms with Gasteiger partial charge in [0.25, 0.3) is 0 Å². The Bertz CT molecular complexity index is 227. The van der Waals surface area contributed by atoms with Crippen LogP contribution in [0.5, 0.6) is 0 Å². The summed E-state index contributed by atoms with van der Waals surface area (Å²) in [6.45, 7) is 0. The molecule has 0 spiro atoms. The Labute approximate surface area is 80.0 Å². The lowest BCUT2D eigenvalue weighted by atomic mass is 9.82. The molecule has 0 fully saturated rings. The van der Waals surface area contributed by atoms with Gasteiger partial charge in [0.15, 0.2) is 0 Å². The highest BCUT2D eigenvalue weighted by Crippen LogP contribution is 2.36. The number of hydrogen-bond acceptors (Lipinski definition) is 1. The van der Waals surface area contributed by atoms with Crippen molar-refractivity contribution in [2.75, 3.05) is 0 Å². The fraction of sp³-hybridized carbons (Fsp3) is 0.778. The number of hydrogen-bond donors (Lipinski definition) is 1. The lowest BCUT2D eigenvalue weighted by molar-refractivity contribution is -0.143. The number of halogens is 4. The molecule has 14 heavy (non-hydrogen) atoms. The average Bonchev–Trinajstić information content (AvgIpc) is 2.03. The fourth-order valence-electron chi connectivity index (χ4n) is 1.62. The SMILES string of the molecule is NC1(CC(F)(F)C(F)F)CC=CCC1. The van der Waals surface area contributed by atoms with Crippen molar-refractivity contribution in [3.05, 3.63) is 12.2 Å². The number of alkyl halides is 4. The van der Waals surface area contributed by atoms with E-state index in [0.717, 1.165) is 0 Å². The molecule has 0 heterocycles. The summed E-state index contributed by atoms with van der Waals surface area (Å²) in [5, 5.41) is 0. The first-order valence-corrected chi connectivity index (χ1v) is 4.46. The van der Waals surface area contributed by atoms with Crippen molar-refractivity contribution in [1.29, 1.82) is 0 Å². The van der Waals surface area contributed by atoms with E-state index >= 15 is 0 Å². The summed E-state index contributed by atoms with van der Waals surface area (Å²) in [5.74, 6) is -3.97. The normalized spacial score (nSPS) is 28.4. The maximum absolute atomic E-state index is 12.7. The molecule has 0 aromatic carbocycles. The Morgan fingerprint density at radius 3 is 2.43 bits per heavy atom. The molecule has 0 bridgehead atoms. The summed E-state index contributed by atoms with van der Waals surface area (Å²) in [6.07, 6.45) is 0.0872. The Balaban J connectivity index is 2.62. The van der Waals surface area contributed by atoms with Gasteiger partial charge < -0.3 is 5.73 Å². The van der Waals surface area contributed by atoms with Crippen LogP contribution < -0.4 is 5.73 Å². The zero-order chi connectivity index (χ0) is 10.8. The van der Waals surface area contributed by atoms with E-state index in [1.807, 2.05) is 6.08 Å². The third-order valence-corrected chi connectivity index (χ3v) is 2.41. The van der Waals surface area contributed by atoms with Gasteiger partial charge in [-0.2, -0.15) is 0 Å². The van der Waals surface area contributed by atoms with E-state index in [0.29, 0.717) is 12.8 Å². The second-order valence-electron chi connectivity index (χ2n) is 3.82. The minimum atomic E-state index is -3.97. The highest BCUT2D eigenvalue weighted by Gasteiger charge is 2.46. The third kappa shape index (κ3) is 2.70. The van der Waals surface area contributed by atoms with Crippen molar-refractivity contribution >= 4 is 0 Å². The average molecular weight is 211 g/mol. The van der Waals surface area contributed by atoms with Crippen LogP contribution in [-0.4, -0.2) is 17.9 Å². The molecule has 1 rings (SSSR count). The van der Waals surface area contributed by atoms with Crippen molar-refractivity contribution < 1.29 is 17.6 Å². The Kier molecular flexibility index (Phi) is 3.19. The lowest BCUT2D eigenvalue weighted by Crippen LogP contribution is -2.47. The van der Waals surface area contributed by atoms with Crippen LogP contribution in [0.25, 0.3) is 0 Å². The van der Waals surface area contributed by atoms with Gasteiger partial charge in [-0.15, -0.1) is 0 Å². The molecule has 1 nitrogen and oxygen atoms in total. The van der Waals surface area contributed by atoms with Crippen molar-refractivity contribution in [2.45, 2.75) is 43.6 Å². The molecule has 0 saturated heterocycles. The van der Waals surface area contributed by atoms with E-state index in [1.54, 1.807) is 6.08 Å². The van der Waals surface area contributed by atoms with E-state index in [1.165, 1.54) is 0 Å². The molecule has 0 amide bonds. The summed E-state index contributed by atoms with van der Waals surface area (Å²) >= 11 is 0. The van der Waals surface area contributed by atoms with Crippen molar-refractivity contribution in [3.8, 4) is 0 Å². The van der Waals surface area contributed by atoms with Gasteiger partial charge in [-0.05, 0) is 19.3 Å². The van der Waals surface area contributed by atoms with E-state index < -0.39 is 24.3 Å². The van der Waals surface area contributed by atoms with Crippen LogP contribution in [-0.2, 0) is 0 Å². The summed E-state index contributed by atoms with van der Waals surface area (Å²) in [6, 6.07) is 0. The standard InChI is InChI=1S/C9H13F4N/c10-7(11)9(12,13)6-8(14)4-2-1-3-5-8/h1-2,7H,3-6,14H2. The van der Waals surface area contributed by atoms with Crippen molar-refractivity contribution in [3.63, 3.8) is 0 Å². The molecular weight excluding hydrogens is 198 g/mol. The Hall–Kier alpha value is -0.580. The van der Waals surface area contributed by atoms with Gasteiger partial charge in [0.2, 0.25) is 0 Å². The minimum Gasteiger partial charge on any atom is -0.325 e. The van der Waals surface area contributed by atoms with Crippen LogP contribution in [0, 0.1) is 0 Å². The first-order valence-electron chi connectivity index (χ1n) is 4.46. The van der Waals surface area contributed by atoms with E-state index in [4.69, 9.17) is 5.73 Å². The van der Waals surface area contributed by atoms with Gasteiger partial charge in [-0.3, -0.25) is 0 Å². The third-order valence-electron chi connectivity index (χ3n) is 2.41. The predicted molar refractivity (Wildman–Crippen MR) is 45.5 cm³/mol. The molecule has 5 heteroatoms. The molecule has 1 unspecified atom stereocenters. The molecule has 0 saturated carbocycles. The smallest absolute Gasteiger partial charge is 0.309 e. The molecule has 0 aromatic rings. The molecule has 0 radical (unpaired) electrons. The highest BCUT2D eigenvalue weighted by atomic mass is 19.3. The maximum Gasteiger partial charge on any atom is 0.309 e. The monoisotopic (exact) mass is 211 g/mol. The fourth-order valence-corrected chi connectivity index (χ4v) is 1.62. The van der Waals surface area contributed by atoms with E-state index in [2.05, 4.69) is 0 Å². The summed E-state index contributed by atoms with van der Waals surface area (Å²) in [7, 11) is 0. The Morgan fingerprint density at radius 2 is 2.00 bits per heavy atom. The molecule has 0 aromatic heterocycles. The topological polar surface area (TPSA) is 26.0 Å². The summed E-state index contributed by atoms with van der Waals surface area (Å²) in [5.41, 5.74) is 4.45. The molecule has 1 aliphatic rings. The summed E-state index contributed by atoms with van der Waals surface area (Å²) in [4.78, 5) is 0. The Morgan fingerprint density at radius 1 is 1.36 bits per heavy atom. The van der Waals surface area contributed by atoms with Gasteiger partial charge in [-0.25, -0.2) is 17.6 Å². The molecule has 82 valence electrons. The largest absolute Gasteiger partial charge is 0.325 e. The summed E-state index contributed by atoms with van der Waals surface area (Å²) < 4.78 is 49.3. The molecule has 2 N–H and O–H groups in total.